The highest BCUT2D eigenvalue weighted by Crippen LogP contribution is 2.25. The van der Waals surface area contributed by atoms with Gasteiger partial charge in [0.25, 0.3) is 0 Å². The highest BCUT2D eigenvalue weighted by atomic mass is 15.1. The first-order chi connectivity index (χ1) is 12.4. The normalized spacial score (nSPS) is 15.7. The monoisotopic (exact) mass is 329 g/mol. The van der Waals surface area contributed by atoms with Gasteiger partial charge in [-0.1, -0.05) is 67.8 Å². The molecule has 0 radical (unpaired) electrons. The Labute approximate surface area is 148 Å². The van der Waals surface area contributed by atoms with E-state index in [0.29, 0.717) is 6.04 Å². The van der Waals surface area contributed by atoms with Crippen LogP contribution in [0.3, 0.4) is 0 Å². The second-order valence-electron chi connectivity index (χ2n) is 6.67. The molecule has 4 rings (SSSR count). The van der Waals surface area contributed by atoms with Crippen molar-refractivity contribution in [1.29, 1.82) is 0 Å². The van der Waals surface area contributed by atoms with E-state index in [1.54, 1.807) is 0 Å². The van der Waals surface area contributed by atoms with E-state index in [0.717, 1.165) is 28.1 Å². The highest BCUT2D eigenvalue weighted by Gasteiger charge is 2.15. The van der Waals surface area contributed by atoms with Crippen molar-refractivity contribution in [3.05, 3.63) is 66.0 Å². The Hall–Kier alpha value is -2.68. The first-order valence-corrected chi connectivity index (χ1v) is 9.15. The molecule has 0 bridgehead atoms. The standard InChI is InChI=1S/C22H23N3/c1-3-9-17(10-4-1)15-16-21-24-20-14-8-7-13-19(20)22(25-21)23-18-11-5-2-6-12-18/h1,3-4,7-10,13-16,18H,2,5-6,11-12H2,(H,23,24,25)/b16-15+. The molecule has 3 heteroatoms. The van der Waals surface area contributed by atoms with E-state index in [9.17, 15) is 0 Å². The number of rotatable bonds is 4. The van der Waals surface area contributed by atoms with Crippen molar-refractivity contribution in [3.63, 3.8) is 0 Å². The molecule has 1 aliphatic rings. The third-order valence-corrected chi connectivity index (χ3v) is 4.79. The topological polar surface area (TPSA) is 37.8 Å². The van der Waals surface area contributed by atoms with Gasteiger partial charge in [-0.25, -0.2) is 9.97 Å². The summed E-state index contributed by atoms with van der Waals surface area (Å²) in [6.07, 6.45) is 10.5. The van der Waals surface area contributed by atoms with Gasteiger partial charge in [0.2, 0.25) is 0 Å². The van der Waals surface area contributed by atoms with E-state index in [4.69, 9.17) is 9.97 Å². The number of hydrogen-bond donors (Lipinski definition) is 1. The number of anilines is 1. The first-order valence-electron chi connectivity index (χ1n) is 9.15. The molecule has 0 unspecified atom stereocenters. The maximum atomic E-state index is 4.80. The van der Waals surface area contributed by atoms with Gasteiger partial charge in [0.15, 0.2) is 5.82 Å². The summed E-state index contributed by atoms with van der Waals surface area (Å²) in [6, 6.07) is 19.0. The van der Waals surface area contributed by atoms with Crippen molar-refractivity contribution >= 4 is 28.9 Å². The van der Waals surface area contributed by atoms with Crippen LogP contribution in [0.4, 0.5) is 5.82 Å². The van der Waals surface area contributed by atoms with Gasteiger partial charge in [-0.15, -0.1) is 0 Å². The van der Waals surface area contributed by atoms with Crippen LogP contribution >= 0.6 is 0 Å². The van der Waals surface area contributed by atoms with Crippen molar-refractivity contribution in [2.45, 2.75) is 38.1 Å². The quantitative estimate of drug-likeness (QED) is 0.682. The first kappa shape index (κ1) is 15.8. The predicted octanol–water partition coefficient (Wildman–Crippen LogP) is 5.54. The fourth-order valence-electron chi connectivity index (χ4n) is 3.45. The smallest absolute Gasteiger partial charge is 0.154 e. The van der Waals surface area contributed by atoms with E-state index >= 15 is 0 Å². The highest BCUT2D eigenvalue weighted by molar-refractivity contribution is 5.90. The summed E-state index contributed by atoms with van der Waals surface area (Å²) in [5, 5.41) is 4.78. The maximum Gasteiger partial charge on any atom is 0.154 e. The Morgan fingerprint density at radius 2 is 1.56 bits per heavy atom. The molecule has 0 saturated heterocycles. The van der Waals surface area contributed by atoms with E-state index < -0.39 is 0 Å². The zero-order valence-corrected chi connectivity index (χ0v) is 14.4. The van der Waals surface area contributed by atoms with Crippen LogP contribution in [0.2, 0.25) is 0 Å². The Bertz CT molecular complexity index is 865. The van der Waals surface area contributed by atoms with Crippen molar-refractivity contribution in [2.24, 2.45) is 0 Å². The number of nitrogens with one attached hydrogen (secondary N) is 1. The summed E-state index contributed by atoms with van der Waals surface area (Å²) in [4.78, 5) is 9.51. The van der Waals surface area contributed by atoms with Gasteiger partial charge in [0, 0.05) is 11.4 Å². The summed E-state index contributed by atoms with van der Waals surface area (Å²) in [6.45, 7) is 0. The molecule has 1 aliphatic carbocycles. The molecule has 0 spiro atoms. The van der Waals surface area contributed by atoms with Crippen molar-refractivity contribution in [1.82, 2.24) is 9.97 Å². The van der Waals surface area contributed by atoms with Crippen LogP contribution in [0, 0.1) is 0 Å². The minimum absolute atomic E-state index is 0.526. The van der Waals surface area contributed by atoms with Crippen molar-refractivity contribution in [3.8, 4) is 0 Å². The lowest BCUT2D eigenvalue weighted by Gasteiger charge is -2.24. The van der Waals surface area contributed by atoms with Gasteiger partial charge >= 0.3 is 0 Å². The molecule has 126 valence electrons. The van der Waals surface area contributed by atoms with Crippen LogP contribution in [-0.4, -0.2) is 16.0 Å². The Morgan fingerprint density at radius 1 is 0.800 bits per heavy atom. The number of fused-ring (bicyclic) bond motifs is 1. The molecule has 2 aromatic carbocycles. The van der Waals surface area contributed by atoms with Gasteiger partial charge in [0.05, 0.1) is 5.52 Å². The number of hydrogen-bond acceptors (Lipinski definition) is 3. The van der Waals surface area contributed by atoms with Gasteiger partial charge in [-0.2, -0.15) is 0 Å². The average Bonchev–Trinajstić information content (AvgIpc) is 2.68. The predicted molar refractivity (Wildman–Crippen MR) is 105 cm³/mol. The van der Waals surface area contributed by atoms with Crippen molar-refractivity contribution < 1.29 is 0 Å². The molecular weight excluding hydrogens is 306 g/mol. The molecule has 1 N–H and O–H groups in total. The molecule has 3 aromatic rings. The minimum Gasteiger partial charge on any atom is -0.367 e. The van der Waals surface area contributed by atoms with Crippen LogP contribution < -0.4 is 5.32 Å². The van der Waals surface area contributed by atoms with Crippen LogP contribution in [0.1, 0.15) is 43.5 Å². The van der Waals surface area contributed by atoms with Gasteiger partial charge in [-0.3, -0.25) is 0 Å². The zero-order chi connectivity index (χ0) is 16.9. The second-order valence-corrected chi connectivity index (χ2v) is 6.67. The van der Waals surface area contributed by atoms with Crippen molar-refractivity contribution in [2.75, 3.05) is 5.32 Å². The lowest BCUT2D eigenvalue weighted by Crippen LogP contribution is -2.23. The van der Waals surface area contributed by atoms with Gasteiger partial charge in [0.1, 0.15) is 5.82 Å². The average molecular weight is 329 g/mol. The van der Waals surface area contributed by atoms with Crippen LogP contribution in [0.5, 0.6) is 0 Å². The number of para-hydroxylation sites is 1. The lowest BCUT2D eigenvalue weighted by atomic mass is 9.95. The van der Waals surface area contributed by atoms with E-state index in [1.807, 2.05) is 30.3 Å². The summed E-state index contributed by atoms with van der Waals surface area (Å²) in [5.41, 5.74) is 2.14. The SMILES string of the molecule is C(=C\c1nc(NC2CCCCC2)c2ccccc2n1)/c1ccccc1. The van der Waals surface area contributed by atoms with E-state index in [2.05, 4.69) is 41.7 Å². The summed E-state index contributed by atoms with van der Waals surface area (Å²) >= 11 is 0. The summed E-state index contributed by atoms with van der Waals surface area (Å²) < 4.78 is 0. The Balaban J connectivity index is 1.66. The van der Waals surface area contributed by atoms with Gasteiger partial charge < -0.3 is 5.32 Å². The molecular formula is C22H23N3. The Morgan fingerprint density at radius 3 is 2.40 bits per heavy atom. The zero-order valence-electron chi connectivity index (χ0n) is 14.4. The number of benzene rings is 2. The summed E-state index contributed by atoms with van der Waals surface area (Å²) in [5.74, 6) is 1.71. The minimum atomic E-state index is 0.526. The van der Waals surface area contributed by atoms with Crippen LogP contribution in [-0.2, 0) is 0 Å². The fraction of sp³-hybridized carbons (Fsp3) is 0.273. The molecule has 1 fully saturated rings. The van der Waals surface area contributed by atoms with E-state index in [-0.39, 0.29) is 0 Å². The molecule has 0 aliphatic heterocycles. The third kappa shape index (κ3) is 3.87. The summed E-state index contributed by atoms with van der Waals surface area (Å²) in [7, 11) is 0. The number of aromatic nitrogens is 2. The van der Waals surface area contributed by atoms with Crippen LogP contribution in [0.15, 0.2) is 54.6 Å². The molecule has 0 amide bonds. The lowest BCUT2D eigenvalue weighted by molar-refractivity contribution is 0.462. The maximum absolute atomic E-state index is 4.80. The molecule has 25 heavy (non-hydrogen) atoms. The molecule has 0 atom stereocenters. The molecule has 3 nitrogen and oxygen atoms in total. The second kappa shape index (κ2) is 7.47. The van der Waals surface area contributed by atoms with Crippen LogP contribution in [0.25, 0.3) is 23.1 Å². The largest absolute Gasteiger partial charge is 0.367 e. The molecule has 1 aromatic heterocycles. The Kier molecular flexibility index (Phi) is 4.73. The fourth-order valence-corrected chi connectivity index (χ4v) is 3.45. The molecule has 1 saturated carbocycles. The number of nitrogens with zero attached hydrogens (tertiary/aromatic N) is 2. The molecule has 1 heterocycles. The third-order valence-electron chi connectivity index (χ3n) is 4.79. The van der Waals surface area contributed by atoms with E-state index in [1.165, 1.54) is 32.1 Å². The van der Waals surface area contributed by atoms with Gasteiger partial charge in [-0.05, 0) is 36.6 Å².